The number of rotatable bonds is 3. The van der Waals surface area contributed by atoms with Crippen molar-refractivity contribution in [3.63, 3.8) is 0 Å². The number of allylic oxidation sites excluding steroid dienone is 4. The minimum absolute atomic E-state index is 0.103. The van der Waals surface area contributed by atoms with Gasteiger partial charge in [-0.15, -0.1) is 0 Å². The third kappa shape index (κ3) is 3.85. The number of nitrogens with zero attached hydrogens (tertiary/aromatic N) is 1. The molecular formula is C47H35N. The van der Waals surface area contributed by atoms with Crippen molar-refractivity contribution in [3.05, 3.63) is 174 Å². The summed E-state index contributed by atoms with van der Waals surface area (Å²) in [5, 5.41) is 8.00. The molecule has 0 spiro atoms. The zero-order chi connectivity index (χ0) is 32.0. The van der Waals surface area contributed by atoms with E-state index in [1.807, 2.05) is 0 Å². The van der Waals surface area contributed by atoms with E-state index in [4.69, 9.17) is 0 Å². The lowest BCUT2D eigenvalue weighted by Crippen LogP contribution is -2.16. The highest BCUT2D eigenvalue weighted by atomic mass is 15.0. The Bertz CT molecular complexity index is 2680. The number of hydrogen-bond donors (Lipinski definition) is 0. The lowest BCUT2D eigenvalue weighted by Gasteiger charge is -2.25. The molecule has 0 radical (unpaired) electrons. The maximum absolute atomic E-state index is 2.50. The summed E-state index contributed by atoms with van der Waals surface area (Å²) in [5.41, 5.74) is 14.6. The third-order valence-electron chi connectivity index (χ3n) is 11.0. The molecule has 0 aliphatic heterocycles. The summed E-state index contributed by atoms with van der Waals surface area (Å²) in [6, 6.07) is 51.8. The average molecular weight is 614 g/mol. The molecular weight excluding hydrogens is 579 g/mol. The minimum atomic E-state index is -0.103. The molecule has 48 heavy (non-hydrogen) atoms. The van der Waals surface area contributed by atoms with E-state index < -0.39 is 0 Å². The van der Waals surface area contributed by atoms with Crippen LogP contribution < -0.4 is 0 Å². The van der Waals surface area contributed by atoms with Crippen LogP contribution >= 0.6 is 0 Å². The Hall–Kier alpha value is -5.66. The number of fused-ring (bicyclic) bond motifs is 11. The molecule has 0 bridgehead atoms. The second kappa shape index (κ2) is 10.2. The summed E-state index contributed by atoms with van der Waals surface area (Å²) in [7, 11) is 0. The molecule has 10 rings (SSSR count). The highest BCUT2D eigenvalue weighted by Gasteiger charge is 2.38. The van der Waals surface area contributed by atoms with Crippen molar-refractivity contribution in [2.75, 3.05) is 0 Å². The van der Waals surface area contributed by atoms with E-state index in [1.165, 1.54) is 93.6 Å². The van der Waals surface area contributed by atoms with Crippen LogP contribution in [0.5, 0.6) is 0 Å². The molecule has 8 aromatic rings. The molecule has 0 N–H and O–H groups in total. The fourth-order valence-corrected chi connectivity index (χ4v) is 8.82. The van der Waals surface area contributed by atoms with E-state index in [2.05, 4.69) is 170 Å². The third-order valence-corrected chi connectivity index (χ3v) is 11.0. The first-order valence-electron chi connectivity index (χ1n) is 17.2. The largest absolute Gasteiger partial charge is 0.309 e. The van der Waals surface area contributed by atoms with Crippen LogP contribution in [0.3, 0.4) is 0 Å². The predicted octanol–water partition coefficient (Wildman–Crippen LogP) is 12.7. The monoisotopic (exact) mass is 613 g/mol. The molecule has 1 heterocycles. The van der Waals surface area contributed by atoms with Crippen molar-refractivity contribution in [1.82, 2.24) is 4.57 Å². The highest BCUT2D eigenvalue weighted by molar-refractivity contribution is 6.18. The quantitative estimate of drug-likeness (QED) is 0.175. The fourth-order valence-electron chi connectivity index (χ4n) is 8.82. The first-order valence-corrected chi connectivity index (χ1v) is 17.2. The molecule has 2 aliphatic rings. The molecule has 0 saturated heterocycles. The first kappa shape index (κ1) is 27.5. The highest BCUT2D eigenvalue weighted by Crippen LogP contribution is 2.55. The van der Waals surface area contributed by atoms with Gasteiger partial charge < -0.3 is 4.57 Å². The molecule has 0 unspecified atom stereocenters. The Labute approximate surface area is 281 Å². The van der Waals surface area contributed by atoms with Gasteiger partial charge in [0.2, 0.25) is 0 Å². The molecule has 0 fully saturated rings. The van der Waals surface area contributed by atoms with Crippen molar-refractivity contribution >= 4 is 54.5 Å². The van der Waals surface area contributed by atoms with Crippen LogP contribution in [0.25, 0.3) is 71.3 Å². The van der Waals surface area contributed by atoms with Crippen LogP contribution in [0.15, 0.2) is 152 Å². The van der Waals surface area contributed by atoms with Crippen LogP contribution in [0.2, 0.25) is 0 Å². The van der Waals surface area contributed by atoms with Crippen molar-refractivity contribution in [1.29, 1.82) is 0 Å². The van der Waals surface area contributed by atoms with Crippen molar-refractivity contribution in [3.8, 4) is 16.8 Å². The van der Waals surface area contributed by atoms with Crippen LogP contribution in [0.4, 0.5) is 0 Å². The summed E-state index contributed by atoms with van der Waals surface area (Å²) < 4.78 is 2.41. The van der Waals surface area contributed by atoms with Gasteiger partial charge in [-0.2, -0.15) is 0 Å². The van der Waals surface area contributed by atoms with E-state index in [0.717, 1.165) is 12.8 Å². The van der Waals surface area contributed by atoms with E-state index in [9.17, 15) is 0 Å². The SMILES string of the molecule is CC1(C)c2cc(C3=CC(c4ccc5c6ccccc6n(-c6ccccc6)c5c4)=CCC3)ccc2-c2c1c1ccccc1c1ccccc21. The minimum Gasteiger partial charge on any atom is -0.309 e. The molecule has 1 heteroatoms. The van der Waals surface area contributed by atoms with Crippen LogP contribution in [-0.2, 0) is 5.41 Å². The fraction of sp³-hybridized carbons (Fsp3) is 0.106. The van der Waals surface area contributed by atoms with Crippen LogP contribution in [0, 0.1) is 0 Å². The number of para-hydroxylation sites is 2. The van der Waals surface area contributed by atoms with E-state index in [1.54, 1.807) is 0 Å². The lowest BCUT2D eigenvalue weighted by atomic mass is 9.78. The van der Waals surface area contributed by atoms with E-state index >= 15 is 0 Å². The topological polar surface area (TPSA) is 4.93 Å². The maximum Gasteiger partial charge on any atom is 0.0547 e. The Balaban J connectivity index is 1.10. The molecule has 7 aromatic carbocycles. The summed E-state index contributed by atoms with van der Waals surface area (Å²) >= 11 is 0. The van der Waals surface area contributed by atoms with Crippen molar-refractivity contribution in [2.24, 2.45) is 0 Å². The number of hydrogen-bond acceptors (Lipinski definition) is 0. The molecule has 0 amide bonds. The van der Waals surface area contributed by atoms with Gasteiger partial charge in [0, 0.05) is 21.9 Å². The molecule has 1 nitrogen and oxygen atoms in total. The Morgan fingerprint density at radius 1 is 0.542 bits per heavy atom. The Morgan fingerprint density at radius 3 is 2.00 bits per heavy atom. The smallest absolute Gasteiger partial charge is 0.0547 e. The average Bonchev–Trinajstić information content (AvgIpc) is 3.60. The second-order valence-electron chi connectivity index (χ2n) is 14.0. The standard InChI is InChI=1S/C47H35N/c1-47(2)42-28-32(24-26-41(42)45-39-20-8-6-17-35(39)36-18-7-9-21-40(36)46(45)47)30-13-12-14-31(27-30)33-23-25-38-37-19-10-11-22-43(37)48(44(38)29-33)34-15-4-3-5-16-34/h3-11,14-29H,12-13H2,1-2H3. The molecule has 2 aliphatic carbocycles. The van der Waals surface area contributed by atoms with Crippen LogP contribution in [-0.4, -0.2) is 4.57 Å². The summed E-state index contributed by atoms with van der Waals surface area (Å²) in [4.78, 5) is 0. The van der Waals surface area contributed by atoms with Gasteiger partial charge in [-0.05, 0) is 109 Å². The van der Waals surface area contributed by atoms with Gasteiger partial charge in [0.1, 0.15) is 0 Å². The molecule has 228 valence electrons. The normalized spacial score (nSPS) is 15.1. The van der Waals surface area contributed by atoms with Gasteiger partial charge in [0.25, 0.3) is 0 Å². The van der Waals surface area contributed by atoms with Gasteiger partial charge >= 0.3 is 0 Å². The zero-order valence-corrected chi connectivity index (χ0v) is 27.3. The van der Waals surface area contributed by atoms with Crippen LogP contribution in [0.1, 0.15) is 48.9 Å². The zero-order valence-electron chi connectivity index (χ0n) is 27.3. The van der Waals surface area contributed by atoms with Gasteiger partial charge in [-0.25, -0.2) is 0 Å². The van der Waals surface area contributed by atoms with Crippen molar-refractivity contribution in [2.45, 2.75) is 32.1 Å². The first-order chi connectivity index (χ1) is 23.6. The number of benzene rings is 7. The van der Waals surface area contributed by atoms with E-state index in [0.29, 0.717) is 0 Å². The lowest BCUT2D eigenvalue weighted by molar-refractivity contribution is 0.666. The van der Waals surface area contributed by atoms with E-state index in [-0.39, 0.29) is 5.41 Å². The van der Waals surface area contributed by atoms with Gasteiger partial charge in [0.15, 0.2) is 0 Å². The summed E-state index contributed by atoms with van der Waals surface area (Å²) in [6.45, 7) is 4.84. The molecule has 1 aromatic heterocycles. The number of aromatic nitrogens is 1. The molecule has 0 saturated carbocycles. The Morgan fingerprint density at radius 2 is 1.19 bits per heavy atom. The molecule has 0 atom stereocenters. The van der Waals surface area contributed by atoms with Gasteiger partial charge in [0.05, 0.1) is 11.0 Å². The summed E-state index contributed by atoms with van der Waals surface area (Å²) in [5.74, 6) is 0. The van der Waals surface area contributed by atoms with Gasteiger partial charge in [-0.1, -0.05) is 135 Å². The summed E-state index contributed by atoms with van der Waals surface area (Å²) in [6.07, 6.45) is 6.96. The Kier molecular flexibility index (Phi) is 5.82. The second-order valence-corrected chi connectivity index (χ2v) is 14.0. The van der Waals surface area contributed by atoms with Crippen molar-refractivity contribution < 1.29 is 0 Å². The maximum atomic E-state index is 2.50. The predicted molar refractivity (Wildman–Crippen MR) is 205 cm³/mol. The van der Waals surface area contributed by atoms with Gasteiger partial charge in [-0.3, -0.25) is 0 Å².